The number of Topliss-reactive ketones (excluding diaryl/α,β-unsaturated/α-hetero) is 1. The topological polar surface area (TPSA) is 130 Å². The lowest BCUT2D eigenvalue weighted by Gasteiger charge is -2.35. The molecule has 6 unspecified atom stereocenters. The fourth-order valence-corrected chi connectivity index (χ4v) is 9.71. The van der Waals surface area contributed by atoms with Crippen LogP contribution in [0.2, 0.25) is 0 Å². The van der Waals surface area contributed by atoms with Gasteiger partial charge in [-0.05, 0) is 75.6 Å². The van der Waals surface area contributed by atoms with Crippen molar-refractivity contribution in [2.75, 3.05) is 18.8 Å². The first kappa shape index (κ1) is 32.5. The van der Waals surface area contributed by atoms with Crippen molar-refractivity contribution in [3.05, 3.63) is 23.6 Å². The van der Waals surface area contributed by atoms with E-state index in [1.807, 2.05) is 24.0 Å². The number of nitrogens with zero attached hydrogens (tertiary/aromatic N) is 2. The van der Waals surface area contributed by atoms with Gasteiger partial charge in [0.2, 0.25) is 5.04 Å². The fourth-order valence-electron chi connectivity index (χ4n) is 7.69. The third kappa shape index (κ3) is 8.22. The summed E-state index contributed by atoms with van der Waals surface area (Å²) < 4.78 is 57.7. The Morgan fingerprint density at radius 2 is 1.86 bits per heavy atom. The normalized spacial score (nSPS) is 33.0. The predicted molar refractivity (Wildman–Crippen MR) is 159 cm³/mol. The molecule has 0 spiro atoms. The Morgan fingerprint density at radius 3 is 2.58 bits per heavy atom. The Bertz CT molecular complexity index is 1260. The number of rotatable bonds is 11. The maximum Gasteiger partial charge on any atom is 0.235 e. The molecule has 4 fully saturated rings. The fraction of sp³-hybridized carbons (Fsp3) is 0.774. The minimum atomic E-state index is -4.45. The van der Waals surface area contributed by atoms with E-state index in [1.54, 1.807) is 11.8 Å². The predicted octanol–water partition coefficient (Wildman–Crippen LogP) is 3.29. The molecule has 43 heavy (non-hydrogen) atoms. The monoisotopic (exact) mass is 639 g/mol. The molecular weight excluding hydrogens is 595 g/mol. The van der Waals surface area contributed by atoms with Gasteiger partial charge in [0.25, 0.3) is 0 Å². The van der Waals surface area contributed by atoms with Crippen LogP contribution in [0.25, 0.3) is 0 Å². The highest BCUT2D eigenvalue weighted by Crippen LogP contribution is 2.42. The molecule has 2 heterocycles. The highest BCUT2D eigenvalue weighted by atomic mass is 32.2. The summed E-state index contributed by atoms with van der Waals surface area (Å²) in [5, 5.41) is 12.2. The summed E-state index contributed by atoms with van der Waals surface area (Å²) in [4.78, 5) is 26.3. The number of thioether (sulfide) groups is 1. The van der Waals surface area contributed by atoms with E-state index >= 15 is 0 Å². The number of halogens is 1. The van der Waals surface area contributed by atoms with Crippen molar-refractivity contribution in [2.24, 2.45) is 11.8 Å². The van der Waals surface area contributed by atoms with Gasteiger partial charge in [0.15, 0.2) is 11.9 Å². The number of carbonyl (C=O) groups excluding carboxylic acids is 2. The van der Waals surface area contributed by atoms with Crippen LogP contribution in [0.4, 0.5) is 4.39 Å². The first-order valence-electron chi connectivity index (χ1n) is 15.9. The summed E-state index contributed by atoms with van der Waals surface area (Å²) in [6.45, 7) is 2.41. The van der Waals surface area contributed by atoms with Crippen LogP contribution >= 0.6 is 11.8 Å². The number of alkyl halides is 1. The van der Waals surface area contributed by atoms with Crippen LogP contribution in [0, 0.1) is 11.8 Å². The first-order valence-corrected chi connectivity index (χ1v) is 18.4. The molecule has 3 saturated carbocycles. The van der Waals surface area contributed by atoms with Gasteiger partial charge in [-0.3, -0.25) is 4.79 Å². The van der Waals surface area contributed by atoms with Crippen molar-refractivity contribution >= 4 is 38.7 Å². The summed E-state index contributed by atoms with van der Waals surface area (Å²) >= 11 is 1.70. The van der Waals surface area contributed by atoms with E-state index in [2.05, 4.69) is 4.58 Å². The van der Waals surface area contributed by atoms with Gasteiger partial charge in [0.05, 0.1) is 27.2 Å². The van der Waals surface area contributed by atoms with Gasteiger partial charge in [-0.1, -0.05) is 19.3 Å². The number of carboxylic acids is 1. The first-order chi connectivity index (χ1) is 20.5. The number of ketones is 1. The zero-order valence-corrected chi connectivity index (χ0v) is 26.6. The molecule has 6 atom stereocenters. The molecule has 0 amide bonds. The SMILES string of the molecule is CC(=CC1=[N+](CCCC(=O)[O-])C2CC(F)CCC2S1)C=C1OC2CCC(C(=O)C3CCCCC3)CC2N1CCS(=O)(=O)[O-]. The van der Waals surface area contributed by atoms with Gasteiger partial charge in [-0.2, -0.15) is 0 Å². The van der Waals surface area contributed by atoms with Crippen LogP contribution in [0.5, 0.6) is 0 Å². The summed E-state index contributed by atoms with van der Waals surface area (Å²) in [7, 11) is -4.45. The lowest BCUT2D eigenvalue weighted by atomic mass is 9.74. The van der Waals surface area contributed by atoms with Gasteiger partial charge in [0, 0.05) is 49.3 Å². The largest absolute Gasteiger partial charge is 0.748 e. The van der Waals surface area contributed by atoms with Crippen molar-refractivity contribution in [1.82, 2.24) is 4.90 Å². The van der Waals surface area contributed by atoms with E-state index in [0.717, 1.165) is 49.1 Å². The summed E-state index contributed by atoms with van der Waals surface area (Å²) in [6.07, 6.45) is 12.2. The minimum absolute atomic E-state index is 0.000834. The smallest absolute Gasteiger partial charge is 0.235 e. The van der Waals surface area contributed by atoms with Crippen molar-refractivity contribution in [3.63, 3.8) is 0 Å². The number of allylic oxidation sites excluding steroid dienone is 2. The average Bonchev–Trinajstić information content (AvgIpc) is 3.47. The molecule has 5 aliphatic rings. The Balaban J connectivity index is 1.37. The van der Waals surface area contributed by atoms with Crippen LogP contribution in [0.1, 0.15) is 90.4 Å². The Hall–Kier alpha value is -1.92. The molecule has 0 bridgehead atoms. The third-order valence-corrected chi connectivity index (χ3v) is 12.0. The van der Waals surface area contributed by atoms with Crippen LogP contribution in [-0.2, 0) is 24.4 Å². The molecular formula is C31H44FN2O7S2-. The average molecular weight is 640 g/mol. The highest BCUT2D eigenvalue weighted by Gasteiger charge is 2.47. The molecule has 0 aromatic rings. The van der Waals surface area contributed by atoms with E-state index < -0.39 is 28.0 Å². The van der Waals surface area contributed by atoms with E-state index in [4.69, 9.17) is 4.74 Å². The number of carbonyl (C=O) groups is 2. The number of hydrogen-bond acceptors (Lipinski definition) is 9. The molecule has 240 valence electrons. The quantitative estimate of drug-likeness (QED) is 0.247. The summed E-state index contributed by atoms with van der Waals surface area (Å²) in [5.74, 6) is -0.789. The number of aliphatic carboxylic acids is 1. The maximum absolute atomic E-state index is 14.4. The second-order valence-electron chi connectivity index (χ2n) is 12.9. The Morgan fingerprint density at radius 1 is 1.09 bits per heavy atom. The van der Waals surface area contributed by atoms with Gasteiger partial charge < -0.3 is 24.1 Å². The van der Waals surface area contributed by atoms with Gasteiger partial charge in [-0.15, -0.1) is 0 Å². The summed E-state index contributed by atoms with van der Waals surface area (Å²) in [5.41, 5.74) is 0.848. The van der Waals surface area contributed by atoms with E-state index in [1.165, 1.54) is 6.42 Å². The van der Waals surface area contributed by atoms with Gasteiger partial charge in [0.1, 0.15) is 24.6 Å². The molecule has 3 aliphatic carbocycles. The molecule has 5 rings (SSSR count). The molecule has 0 N–H and O–H groups in total. The Kier molecular flexibility index (Phi) is 10.6. The number of hydrogen-bond donors (Lipinski definition) is 0. The second-order valence-corrected chi connectivity index (χ2v) is 15.7. The zero-order chi connectivity index (χ0) is 30.7. The third-order valence-electron chi connectivity index (χ3n) is 9.83. The van der Waals surface area contributed by atoms with Crippen molar-refractivity contribution in [2.45, 2.75) is 120 Å². The number of ether oxygens (including phenoxy) is 1. The standard InChI is InChI=1S/C31H45FN2O7S2/c1-20(17-29-34(13-5-8-30(35)36)25-19-23(32)10-12-27(25)42-29)16-28-33(14-15-43(38,39)40)24-18-22(9-11-26(24)41-28)31(37)21-6-3-2-4-7-21/h16-17,21-27H,2-15,18-19H2,1H3,(H-,35,36,38,39,40)/p-1. The molecule has 9 nitrogen and oxygen atoms in total. The lowest BCUT2D eigenvalue weighted by molar-refractivity contribution is -0.563. The maximum atomic E-state index is 14.4. The molecule has 2 aliphatic heterocycles. The summed E-state index contributed by atoms with van der Waals surface area (Å²) in [6, 6.07) is -0.170. The van der Waals surface area contributed by atoms with Crippen LogP contribution in [0.15, 0.2) is 23.6 Å². The molecule has 0 aromatic heterocycles. The van der Waals surface area contributed by atoms with E-state index in [9.17, 15) is 32.1 Å². The number of fused-ring (bicyclic) bond motifs is 2. The van der Waals surface area contributed by atoms with Gasteiger partial charge >= 0.3 is 0 Å². The molecule has 0 aromatic carbocycles. The highest BCUT2D eigenvalue weighted by molar-refractivity contribution is 8.14. The second kappa shape index (κ2) is 14.0. The van der Waals surface area contributed by atoms with E-state index in [-0.39, 0.29) is 48.2 Å². The van der Waals surface area contributed by atoms with Crippen molar-refractivity contribution < 1.29 is 41.4 Å². The molecule has 1 saturated heterocycles. The van der Waals surface area contributed by atoms with Crippen LogP contribution in [0.3, 0.4) is 0 Å². The minimum Gasteiger partial charge on any atom is -0.748 e. The van der Waals surface area contributed by atoms with Crippen LogP contribution < -0.4 is 5.11 Å². The Labute approximate surface area is 258 Å². The van der Waals surface area contributed by atoms with Gasteiger partial charge in [-0.25, -0.2) is 17.4 Å². The van der Waals surface area contributed by atoms with Crippen molar-refractivity contribution in [1.29, 1.82) is 0 Å². The number of carboxylic acid groups (broad SMARTS) is 1. The molecule has 12 heteroatoms. The van der Waals surface area contributed by atoms with Crippen LogP contribution in [-0.4, -0.2) is 87.7 Å². The lowest BCUT2D eigenvalue weighted by Crippen LogP contribution is -2.44. The van der Waals surface area contributed by atoms with E-state index in [0.29, 0.717) is 50.3 Å². The zero-order valence-electron chi connectivity index (χ0n) is 25.0. The van der Waals surface area contributed by atoms with Crippen molar-refractivity contribution in [3.8, 4) is 0 Å². The molecule has 0 radical (unpaired) electrons.